The molecule has 1 aliphatic rings. The molecule has 104 valence electrons. The maximum atomic E-state index is 13.2. The van der Waals surface area contributed by atoms with Crippen LogP contribution in [0.3, 0.4) is 0 Å². The number of rotatable bonds is 2. The molecule has 0 saturated carbocycles. The van der Waals surface area contributed by atoms with Gasteiger partial charge in [0.05, 0.1) is 0 Å². The van der Waals surface area contributed by atoms with E-state index in [0.29, 0.717) is 17.3 Å². The molecule has 0 unspecified atom stereocenters. The number of aromatic nitrogens is 2. The first kappa shape index (κ1) is 12.7. The molecule has 0 fully saturated rings. The van der Waals surface area contributed by atoms with Gasteiger partial charge >= 0.3 is 0 Å². The molecular formula is C14H15FN4O. The number of carbonyl (C=O) groups is 1. The highest BCUT2D eigenvalue weighted by Gasteiger charge is 2.17. The molecule has 3 rings (SSSR count). The SMILES string of the molecule is Cc1ccc(F)cc1NC(=O)c1cn2c(n1)NCCC2. The molecule has 2 aromatic rings. The first-order valence-electron chi connectivity index (χ1n) is 6.52. The number of aryl methyl sites for hydroxylation is 2. The molecule has 0 atom stereocenters. The van der Waals surface area contributed by atoms with Gasteiger partial charge in [-0.1, -0.05) is 6.07 Å². The highest BCUT2D eigenvalue weighted by molar-refractivity contribution is 6.03. The Labute approximate surface area is 115 Å². The second kappa shape index (κ2) is 4.96. The van der Waals surface area contributed by atoms with Crippen molar-refractivity contribution in [1.29, 1.82) is 0 Å². The van der Waals surface area contributed by atoms with E-state index in [0.717, 1.165) is 25.1 Å². The number of amides is 1. The van der Waals surface area contributed by atoms with E-state index in [1.54, 1.807) is 12.3 Å². The second-order valence-corrected chi connectivity index (χ2v) is 4.84. The number of hydrogen-bond donors (Lipinski definition) is 2. The zero-order chi connectivity index (χ0) is 14.1. The fourth-order valence-electron chi connectivity index (χ4n) is 2.20. The maximum Gasteiger partial charge on any atom is 0.275 e. The molecule has 2 N–H and O–H groups in total. The summed E-state index contributed by atoms with van der Waals surface area (Å²) in [5.41, 5.74) is 1.61. The fourth-order valence-corrected chi connectivity index (χ4v) is 2.20. The summed E-state index contributed by atoms with van der Waals surface area (Å²) in [5.74, 6) is -0.00327. The van der Waals surface area contributed by atoms with Crippen LogP contribution in [0.5, 0.6) is 0 Å². The molecular weight excluding hydrogens is 259 g/mol. The van der Waals surface area contributed by atoms with E-state index in [1.165, 1.54) is 12.1 Å². The predicted molar refractivity (Wildman–Crippen MR) is 74.4 cm³/mol. The standard InChI is InChI=1S/C14H15FN4O/c1-9-3-4-10(15)7-11(9)17-13(20)12-8-19-6-2-5-16-14(19)18-12/h3-4,7-8H,2,5-6H2,1H3,(H,16,18)(H,17,20). The van der Waals surface area contributed by atoms with Gasteiger partial charge in [-0.05, 0) is 31.0 Å². The summed E-state index contributed by atoms with van der Waals surface area (Å²) in [6, 6.07) is 4.30. The van der Waals surface area contributed by atoms with Gasteiger partial charge in [0.15, 0.2) is 0 Å². The van der Waals surface area contributed by atoms with Gasteiger partial charge in [0.1, 0.15) is 11.5 Å². The van der Waals surface area contributed by atoms with Crippen LogP contribution in [0.15, 0.2) is 24.4 Å². The van der Waals surface area contributed by atoms with Crippen molar-refractivity contribution in [3.8, 4) is 0 Å². The average Bonchev–Trinajstić information content (AvgIpc) is 2.87. The number of nitrogens with zero attached hydrogens (tertiary/aromatic N) is 2. The minimum absolute atomic E-state index is 0.331. The topological polar surface area (TPSA) is 59.0 Å². The summed E-state index contributed by atoms with van der Waals surface area (Å²) in [5, 5.41) is 5.83. The third kappa shape index (κ3) is 2.36. The van der Waals surface area contributed by atoms with E-state index in [2.05, 4.69) is 15.6 Å². The van der Waals surface area contributed by atoms with Gasteiger partial charge in [0.25, 0.3) is 5.91 Å². The van der Waals surface area contributed by atoms with E-state index in [4.69, 9.17) is 0 Å². The van der Waals surface area contributed by atoms with E-state index in [9.17, 15) is 9.18 Å². The van der Waals surface area contributed by atoms with Crippen LogP contribution in [0.1, 0.15) is 22.5 Å². The highest BCUT2D eigenvalue weighted by atomic mass is 19.1. The lowest BCUT2D eigenvalue weighted by atomic mass is 10.2. The number of hydrogen-bond acceptors (Lipinski definition) is 3. The Morgan fingerprint density at radius 3 is 3.15 bits per heavy atom. The molecule has 1 amide bonds. The quantitative estimate of drug-likeness (QED) is 0.884. The van der Waals surface area contributed by atoms with Crippen molar-refractivity contribution in [2.75, 3.05) is 17.2 Å². The molecule has 1 aromatic heterocycles. The Morgan fingerprint density at radius 2 is 2.35 bits per heavy atom. The van der Waals surface area contributed by atoms with Crippen molar-refractivity contribution < 1.29 is 9.18 Å². The van der Waals surface area contributed by atoms with Crippen molar-refractivity contribution in [1.82, 2.24) is 9.55 Å². The molecule has 6 heteroatoms. The van der Waals surface area contributed by atoms with Crippen molar-refractivity contribution in [2.24, 2.45) is 0 Å². The summed E-state index contributed by atoms with van der Waals surface area (Å²) in [7, 11) is 0. The van der Waals surface area contributed by atoms with Crippen molar-refractivity contribution in [3.05, 3.63) is 41.5 Å². The third-order valence-electron chi connectivity index (χ3n) is 3.32. The van der Waals surface area contributed by atoms with Crippen molar-refractivity contribution >= 4 is 17.5 Å². The zero-order valence-electron chi connectivity index (χ0n) is 11.1. The maximum absolute atomic E-state index is 13.2. The Hall–Kier alpha value is -2.37. The predicted octanol–water partition coefficient (Wildman–Crippen LogP) is 2.40. The third-order valence-corrected chi connectivity index (χ3v) is 3.32. The molecule has 1 aliphatic heterocycles. The summed E-state index contributed by atoms with van der Waals surface area (Å²) in [6.07, 6.45) is 2.72. The molecule has 2 heterocycles. The lowest BCUT2D eigenvalue weighted by Crippen LogP contribution is -2.16. The van der Waals surface area contributed by atoms with E-state index < -0.39 is 0 Å². The summed E-state index contributed by atoms with van der Waals surface area (Å²) < 4.78 is 15.1. The molecule has 0 radical (unpaired) electrons. The number of nitrogens with one attached hydrogen (secondary N) is 2. The number of carbonyl (C=O) groups excluding carboxylic acids is 1. The Bertz CT molecular complexity index is 642. The fraction of sp³-hybridized carbons (Fsp3) is 0.286. The van der Waals surface area contributed by atoms with E-state index in [1.807, 2.05) is 11.5 Å². The van der Waals surface area contributed by atoms with Gasteiger partial charge in [0, 0.05) is 25.0 Å². The first-order valence-corrected chi connectivity index (χ1v) is 6.52. The van der Waals surface area contributed by atoms with Crippen molar-refractivity contribution in [2.45, 2.75) is 19.9 Å². The molecule has 0 spiro atoms. The number of fused-ring (bicyclic) bond motifs is 1. The largest absolute Gasteiger partial charge is 0.356 e. The summed E-state index contributed by atoms with van der Waals surface area (Å²) in [6.45, 7) is 3.53. The van der Waals surface area contributed by atoms with Gasteiger partial charge in [0.2, 0.25) is 5.95 Å². The summed E-state index contributed by atoms with van der Waals surface area (Å²) in [4.78, 5) is 16.4. The molecule has 0 aliphatic carbocycles. The van der Waals surface area contributed by atoms with Crippen LogP contribution >= 0.6 is 0 Å². The van der Waals surface area contributed by atoms with Crippen LogP contribution in [0, 0.1) is 12.7 Å². The smallest absolute Gasteiger partial charge is 0.275 e. The first-order chi connectivity index (χ1) is 9.63. The number of halogens is 1. The normalized spacial score (nSPS) is 13.5. The van der Waals surface area contributed by atoms with E-state index in [-0.39, 0.29) is 11.7 Å². The van der Waals surface area contributed by atoms with Crippen LogP contribution < -0.4 is 10.6 Å². The highest BCUT2D eigenvalue weighted by Crippen LogP contribution is 2.18. The lowest BCUT2D eigenvalue weighted by Gasteiger charge is -2.14. The molecule has 20 heavy (non-hydrogen) atoms. The monoisotopic (exact) mass is 274 g/mol. The second-order valence-electron chi connectivity index (χ2n) is 4.84. The van der Waals surface area contributed by atoms with Gasteiger partial charge < -0.3 is 15.2 Å². The minimum atomic E-state index is -0.378. The van der Waals surface area contributed by atoms with Gasteiger partial charge in [-0.3, -0.25) is 4.79 Å². The zero-order valence-corrected chi connectivity index (χ0v) is 11.1. The Kier molecular flexibility index (Phi) is 3.14. The average molecular weight is 274 g/mol. The molecule has 5 nitrogen and oxygen atoms in total. The number of benzene rings is 1. The van der Waals surface area contributed by atoms with Crippen LogP contribution in [-0.2, 0) is 6.54 Å². The van der Waals surface area contributed by atoms with Gasteiger partial charge in [-0.25, -0.2) is 9.37 Å². The molecule has 1 aromatic carbocycles. The van der Waals surface area contributed by atoms with Crippen LogP contribution in [-0.4, -0.2) is 22.0 Å². The summed E-state index contributed by atoms with van der Waals surface area (Å²) >= 11 is 0. The number of imidazole rings is 1. The Balaban J connectivity index is 1.82. The lowest BCUT2D eigenvalue weighted by molar-refractivity contribution is 0.102. The Morgan fingerprint density at radius 1 is 1.50 bits per heavy atom. The van der Waals surface area contributed by atoms with Crippen LogP contribution in [0.2, 0.25) is 0 Å². The number of anilines is 2. The van der Waals surface area contributed by atoms with Gasteiger partial charge in [-0.15, -0.1) is 0 Å². The van der Waals surface area contributed by atoms with Crippen molar-refractivity contribution in [3.63, 3.8) is 0 Å². The van der Waals surface area contributed by atoms with Gasteiger partial charge in [-0.2, -0.15) is 0 Å². The van der Waals surface area contributed by atoms with Crippen LogP contribution in [0.25, 0.3) is 0 Å². The molecule has 0 saturated heterocycles. The minimum Gasteiger partial charge on any atom is -0.356 e. The van der Waals surface area contributed by atoms with Crippen LogP contribution in [0.4, 0.5) is 16.0 Å². The van der Waals surface area contributed by atoms with E-state index >= 15 is 0 Å². The molecule has 0 bridgehead atoms.